The van der Waals surface area contributed by atoms with Crippen LogP contribution in [0.1, 0.15) is 18.1 Å². The molecular formula is C24H25NO7S. The second-order valence-corrected chi connectivity index (χ2v) is 7.99. The van der Waals surface area contributed by atoms with Crippen LogP contribution in [0.15, 0.2) is 47.4 Å². The van der Waals surface area contributed by atoms with Gasteiger partial charge in [0.05, 0.1) is 25.2 Å². The fourth-order valence-corrected chi connectivity index (χ4v) is 3.80. The van der Waals surface area contributed by atoms with Crippen LogP contribution in [0.4, 0.5) is 4.79 Å². The molecule has 0 radical (unpaired) electrons. The maximum Gasteiger partial charge on any atom is 0.343 e. The maximum absolute atomic E-state index is 12.7. The van der Waals surface area contributed by atoms with Gasteiger partial charge in [0.1, 0.15) is 12.4 Å². The van der Waals surface area contributed by atoms with Crippen molar-refractivity contribution in [1.82, 2.24) is 4.90 Å². The molecule has 0 spiro atoms. The first-order valence-corrected chi connectivity index (χ1v) is 11.1. The van der Waals surface area contributed by atoms with E-state index in [1.54, 1.807) is 24.3 Å². The number of aryl methyl sites for hydroxylation is 1. The van der Waals surface area contributed by atoms with E-state index in [1.807, 2.05) is 38.1 Å². The molecule has 174 valence electrons. The average molecular weight is 472 g/mol. The molecule has 3 rings (SSSR count). The van der Waals surface area contributed by atoms with Gasteiger partial charge in [-0.25, -0.2) is 4.79 Å². The Hall–Kier alpha value is -3.46. The van der Waals surface area contributed by atoms with Crippen LogP contribution in [0.2, 0.25) is 0 Å². The fraction of sp³-hybridized carbons (Fsp3) is 0.292. The topological polar surface area (TPSA) is 91.4 Å². The Morgan fingerprint density at radius 3 is 2.48 bits per heavy atom. The molecule has 0 aromatic heterocycles. The van der Waals surface area contributed by atoms with Crippen LogP contribution < -0.4 is 14.2 Å². The number of ether oxygens (including phenoxy) is 4. The summed E-state index contributed by atoms with van der Waals surface area (Å²) in [5.41, 5.74) is 1.78. The number of carbonyl (C=O) groups excluding carboxylic acids is 3. The Morgan fingerprint density at radius 2 is 1.79 bits per heavy atom. The van der Waals surface area contributed by atoms with Gasteiger partial charge in [0.2, 0.25) is 0 Å². The van der Waals surface area contributed by atoms with Crippen molar-refractivity contribution in [3.63, 3.8) is 0 Å². The highest BCUT2D eigenvalue weighted by molar-refractivity contribution is 8.18. The third-order valence-electron chi connectivity index (χ3n) is 4.62. The van der Waals surface area contributed by atoms with E-state index in [9.17, 15) is 14.4 Å². The molecule has 1 heterocycles. The van der Waals surface area contributed by atoms with Crippen molar-refractivity contribution in [1.29, 1.82) is 0 Å². The highest BCUT2D eigenvalue weighted by Gasteiger charge is 2.34. The zero-order valence-corrected chi connectivity index (χ0v) is 19.5. The molecular weight excluding hydrogens is 446 g/mol. The van der Waals surface area contributed by atoms with E-state index < -0.39 is 5.97 Å². The molecule has 2 aromatic carbocycles. The van der Waals surface area contributed by atoms with E-state index in [1.165, 1.54) is 12.0 Å². The monoisotopic (exact) mass is 471 g/mol. The highest BCUT2D eigenvalue weighted by atomic mass is 32.2. The summed E-state index contributed by atoms with van der Waals surface area (Å²) in [5.74, 6) is 0.589. The lowest BCUT2D eigenvalue weighted by atomic mass is 10.2. The Kier molecular flexibility index (Phi) is 8.37. The van der Waals surface area contributed by atoms with Gasteiger partial charge in [-0.15, -0.1) is 0 Å². The summed E-state index contributed by atoms with van der Waals surface area (Å²) in [6, 6.07) is 12.6. The summed E-state index contributed by atoms with van der Waals surface area (Å²) in [7, 11) is 1.28. The number of amides is 2. The molecule has 0 saturated carbocycles. The molecule has 9 heteroatoms. The van der Waals surface area contributed by atoms with Gasteiger partial charge in [-0.2, -0.15) is 0 Å². The molecule has 0 unspecified atom stereocenters. The minimum Gasteiger partial charge on any atom is -0.492 e. The molecule has 33 heavy (non-hydrogen) atoms. The molecule has 0 N–H and O–H groups in total. The molecule has 2 amide bonds. The second-order valence-electron chi connectivity index (χ2n) is 7.00. The van der Waals surface area contributed by atoms with Crippen molar-refractivity contribution in [3.05, 3.63) is 58.5 Å². The zero-order valence-electron chi connectivity index (χ0n) is 18.7. The first kappa shape index (κ1) is 24.2. The molecule has 0 atom stereocenters. The Morgan fingerprint density at radius 1 is 1.03 bits per heavy atom. The molecule has 2 aromatic rings. The normalized spacial score (nSPS) is 14.5. The molecule has 1 saturated heterocycles. The van der Waals surface area contributed by atoms with Crippen LogP contribution in [-0.4, -0.2) is 55.5 Å². The number of thioether (sulfide) groups is 1. The van der Waals surface area contributed by atoms with E-state index in [0.29, 0.717) is 34.3 Å². The molecule has 8 nitrogen and oxygen atoms in total. The molecule has 0 aliphatic carbocycles. The third-order valence-corrected chi connectivity index (χ3v) is 5.52. The van der Waals surface area contributed by atoms with E-state index in [0.717, 1.165) is 17.3 Å². The lowest BCUT2D eigenvalue weighted by molar-refractivity contribution is -0.142. The quantitative estimate of drug-likeness (QED) is 0.378. The standard InChI is InChI=1S/C24H25NO7S/c1-4-30-20-13-17(7-10-19(20)32-15-22(26)29-3)14-21-23(27)25(24(28)33-21)11-12-31-18-8-5-16(2)6-9-18/h5-10,13-14H,4,11-12,15H2,1-3H3/b21-14-. The van der Waals surface area contributed by atoms with Gasteiger partial charge < -0.3 is 18.9 Å². The number of rotatable bonds is 10. The summed E-state index contributed by atoms with van der Waals surface area (Å²) in [5, 5.41) is -0.346. The van der Waals surface area contributed by atoms with Crippen LogP contribution in [-0.2, 0) is 14.3 Å². The Bertz CT molecular complexity index is 1050. The number of hydrogen-bond donors (Lipinski definition) is 0. The molecule has 1 aliphatic heterocycles. The summed E-state index contributed by atoms with van der Waals surface area (Å²) in [4.78, 5) is 37.9. The zero-order chi connectivity index (χ0) is 23.8. The van der Waals surface area contributed by atoms with Crippen molar-refractivity contribution < 1.29 is 33.3 Å². The number of nitrogens with zero attached hydrogens (tertiary/aromatic N) is 1. The number of benzene rings is 2. The predicted octanol–water partition coefficient (Wildman–Crippen LogP) is 4.06. The lowest BCUT2D eigenvalue weighted by Crippen LogP contribution is -2.32. The van der Waals surface area contributed by atoms with Gasteiger partial charge in [0.25, 0.3) is 11.1 Å². The van der Waals surface area contributed by atoms with Crippen LogP contribution in [0, 0.1) is 6.92 Å². The van der Waals surface area contributed by atoms with E-state index in [-0.39, 0.29) is 30.9 Å². The van der Waals surface area contributed by atoms with Crippen molar-refractivity contribution in [2.24, 2.45) is 0 Å². The number of carbonyl (C=O) groups is 3. The van der Waals surface area contributed by atoms with Crippen LogP contribution in [0.5, 0.6) is 17.2 Å². The van der Waals surface area contributed by atoms with Gasteiger partial charge in [-0.05, 0) is 61.5 Å². The third kappa shape index (κ3) is 6.52. The summed E-state index contributed by atoms with van der Waals surface area (Å²) >= 11 is 0.875. The van der Waals surface area contributed by atoms with Gasteiger partial charge in [-0.3, -0.25) is 14.5 Å². The van der Waals surface area contributed by atoms with Crippen molar-refractivity contribution in [2.75, 3.05) is 33.5 Å². The minimum atomic E-state index is -0.512. The second kappa shape index (κ2) is 11.4. The maximum atomic E-state index is 12.7. The number of imide groups is 1. The number of methoxy groups -OCH3 is 1. The van der Waals surface area contributed by atoms with Gasteiger partial charge >= 0.3 is 5.97 Å². The van der Waals surface area contributed by atoms with Crippen molar-refractivity contribution in [3.8, 4) is 17.2 Å². The summed E-state index contributed by atoms with van der Waals surface area (Å²) in [6.45, 7) is 4.29. The van der Waals surface area contributed by atoms with Crippen molar-refractivity contribution in [2.45, 2.75) is 13.8 Å². The van der Waals surface area contributed by atoms with E-state index in [4.69, 9.17) is 14.2 Å². The van der Waals surface area contributed by atoms with E-state index in [2.05, 4.69) is 4.74 Å². The summed E-state index contributed by atoms with van der Waals surface area (Å²) in [6.07, 6.45) is 1.62. The van der Waals surface area contributed by atoms with Crippen LogP contribution >= 0.6 is 11.8 Å². The smallest absolute Gasteiger partial charge is 0.343 e. The van der Waals surface area contributed by atoms with Gasteiger partial charge in [0, 0.05) is 0 Å². The largest absolute Gasteiger partial charge is 0.492 e. The first-order chi connectivity index (χ1) is 15.9. The van der Waals surface area contributed by atoms with Crippen LogP contribution in [0.3, 0.4) is 0 Å². The molecule has 1 fully saturated rings. The van der Waals surface area contributed by atoms with E-state index >= 15 is 0 Å². The Balaban J connectivity index is 1.66. The lowest BCUT2D eigenvalue weighted by Gasteiger charge is -2.13. The predicted molar refractivity (Wildman–Crippen MR) is 124 cm³/mol. The van der Waals surface area contributed by atoms with Crippen LogP contribution in [0.25, 0.3) is 6.08 Å². The average Bonchev–Trinajstić information content (AvgIpc) is 3.07. The molecule has 0 bridgehead atoms. The van der Waals surface area contributed by atoms with Gasteiger partial charge in [-0.1, -0.05) is 23.8 Å². The van der Waals surface area contributed by atoms with Crippen molar-refractivity contribution >= 4 is 35.0 Å². The first-order valence-electron chi connectivity index (χ1n) is 10.3. The minimum absolute atomic E-state index is 0.153. The van der Waals surface area contributed by atoms with Gasteiger partial charge in [0.15, 0.2) is 18.1 Å². The number of esters is 1. The highest BCUT2D eigenvalue weighted by Crippen LogP contribution is 2.34. The number of hydrogen-bond acceptors (Lipinski definition) is 8. The SMILES string of the molecule is CCOc1cc(/C=C2\SC(=O)N(CCOc3ccc(C)cc3)C2=O)ccc1OCC(=O)OC. The Labute approximate surface area is 196 Å². The summed E-state index contributed by atoms with van der Waals surface area (Å²) < 4.78 is 21.2. The molecule has 1 aliphatic rings. The fourth-order valence-electron chi connectivity index (χ4n) is 2.93.